The first-order valence-corrected chi connectivity index (χ1v) is 5.35. The smallest absolute Gasteiger partial charge is 0.269 e. The second-order valence-electron chi connectivity index (χ2n) is 3.71. The van der Waals surface area contributed by atoms with Gasteiger partial charge in [0.1, 0.15) is 5.69 Å². The first-order valence-electron chi connectivity index (χ1n) is 5.35. The Labute approximate surface area is 99.0 Å². The zero-order valence-electron chi connectivity index (χ0n) is 9.34. The van der Waals surface area contributed by atoms with Crippen molar-refractivity contribution >= 4 is 5.91 Å². The third-order valence-electron chi connectivity index (χ3n) is 2.48. The SMILES string of the molecule is NCCc1ccc(-n2ccc(C(N)=O)n2)cc1. The number of nitrogens with two attached hydrogens (primary N) is 2. The minimum atomic E-state index is -0.525. The summed E-state index contributed by atoms with van der Waals surface area (Å²) in [7, 11) is 0. The summed E-state index contributed by atoms with van der Waals surface area (Å²) < 4.78 is 1.62. The maximum atomic E-state index is 10.9. The summed E-state index contributed by atoms with van der Waals surface area (Å²) in [6, 6.07) is 9.45. The topological polar surface area (TPSA) is 86.9 Å². The van der Waals surface area contributed by atoms with Gasteiger partial charge in [0.25, 0.3) is 5.91 Å². The summed E-state index contributed by atoms with van der Waals surface area (Å²) in [4.78, 5) is 10.9. The number of carbonyl (C=O) groups excluding carboxylic acids is 1. The minimum absolute atomic E-state index is 0.260. The van der Waals surface area contributed by atoms with Gasteiger partial charge in [-0.3, -0.25) is 4.79 Å². The van der Waals surface area contributed by atoms with E-state index in [2.05, 4.69) is 5.10 Å². The van der Waals surface area contributed by atoms with E-state index >= 15 is 0 Å². The van der Waals surface area contributed by atoms with Crippen molar-refractivity contribution in [1.82, 2.24) is 9.78 Å². The number of hydrogen-bond acceptors (Lipinski definition) is 3. The lowest BCUT2D eigenvalue weighted by Gasteiger charge is -2.03. The number of hydrogen-bond donors (Lipinski definition) is 2. The van der Waals surface area contributed by atoms with Gasteiger partial charge in [0.2, 0.25) is 0 Å². The van der Waals surface area contributed by atoms with Crippen molar-refractivity contribution < 1.29 is 4.79 Å². The van der Waals surface area contributed by atoms with E-state index < -0.39 is 5.91 Å². The number of nitrogens with zero attached hydrogens (tertiary/aromatic N) is 2. The second kappa shape index (κ2) is 4.80. The van der Waals surface area contributed by atoms with E-state index in [9.17, 15) is 4.79 Å². The molecule has 1 aromatic heterocycles. The lowest BCUT2D eigenvalue weighted by atomic mass is 10.1. The molecule has 0 fully saturated rings. The molecule has 1 heterocycles. The molecule has 5 nitrogen and oxygen atoms in total. The van der Waals surface area contributed by atoms with Crippen LogP contribution in [-0.4, -0.2) is 22.2 Å². The molecule has 0 aliphatic heterocycles. The Balaban J connectivity index is 2.23. The van der Waals surface area contributed by atoms with Crippen molar-refractivity contribution in [2.45, 2.75) is 6.42 Å². The van der Waals surface area contributed by atoms with Gasteiger partial charge in [0.15, 0.2) is 0 Å². The molecule has 0 saturated carbocycles. The molecule has 4 N–H and O–H groups in total. The van der Waals surface area contributed by atoms with Crippen LogP contribution < -0.4 is 11.5 Å². The molecule has 0 bridgehead atoms. The lowest BCUT2D eigenvalue weighted by molar-refractivity contribution is 0.0995. The van der Waals surface area contributed by atoms with E-state index in [1.807, 2.05) is 24.3 Å². The first kappa shape index (κ1) is 11.3. The van der Waals surface area contributed by atoms with E-state index in [0.29, 0.717) is 6.54 Å². The van der Waals surface area contributed by atoms with E-state index in [1.54, 1.807) is 16.9 Å². The maximum Gasteiger partial charge on any atom is 0.269 e. The van der Waals surface area contributed by atoms with Crippen LogP contribution >= 0.6 is 0 Å². The summed E-state index contributed by atoms with van der Waals surface area (Å²) in [6.07, 6.45) is 2.56. The fourth-order valence-electron chi connectivity index (χ4n) is 1.58. The Morgan fingerprint density at radius 2 is 1.94 bits per heavy atom. The third kappa shape index (κ3) is 2.51. The van der Waals surface area contributed by atoms with E-state index in [4.69, 9.17) is 11.5 Å². The van der Waals surface area contributed by atoms with Gasteiger partial charge in [-0.25, -0.2) is 4.68 Å². The van der Waals surface area contributed by atoms with E-state index in [-0.39, 0.29) is 5.69 Å². The van der Waals surface area contributed by atoms with Gasteiger partial charge >= 0.3 is 0 Å². The highest BCUT2D eigenvalue weighted by Crippen LogP contribution is 2.09. The van der Waals surface area contributed by atoms with Crippen molar-refractivity contribution in [3.05, 3.63) is 47.8 Å². The summed E-state index contributed by atoms with van der Waals surface area (Å²) in [5.74, 6) is -0.525. The molecule has 88 valence electrons. The number of benzene rings is 1. The molecular formula is C12H14N4O. The molecule has 0 radical (unpaired) electrons. The maximum absolute atomic E-state index is 10.9. The molecule has 1 amide bonds. The van der Waals surface area contributed by atoms with Crippen LogP contribution in [0.2, 0.25) is 0 Å². The van der Waals surface area contributed by atoms with Crippen LogP contribution in [0.3, 0.4) is 0 Å². The predicted octanol–water partition coefficient (Wildman–Crippen LogP) is 0.472. The first-order chi connectivity index (χ1) is 8.20. The molecule has 0 aliphatic rings. The molecule has 0 atom stereocenters. The van der Waals surface area contributed by atoms with Crippen molar-refractivity contribution in [2.75, 3.05) is 6.54 Å². The van der Waals surface area contributed by atoms with Gasteiger partial charge in [-0.1, -0.05) is 12.1 Å². The Hall–Kier alpha value is -2.14. The molecule has 17 heavy (non-hydrogen) atoms. The van der Waals surface area contributed by atoms with Gasteiger partial charge in [0.05, 0.1) is 5.69 Å². The standard InChI is InChI=1S/C12H14N4O/c13-7-5-9-1-3-10(4-2-9)16-8-6-11(15-16)12(14)17/h1-4,6,8H,5,7,13H2,(H2,14,17). The zero-order chi connectivity index (χ0) is 12.3. The molecule has 0 saturated heterocycles. The van der Waals surface area contributed by atoms with Crippen molar-refractivity contribution in [3.8, 4) is 5.69 Å². The highest BCUT2D eigenvalue weighted by Gasteiger charge is 2.05. The lowest BCUT2D eigenvalue weighted by Crippen LogP contribution is -2.12. The highest BCUT2D eigenvalue weighted by molar-refractivity contribution is 5.90. The van der Waals surface area contributed by atoms with Crippen LogP contribution in [0.4, 0.5) is 0 Å². The number of carbonyl (C=O) groups is 1. The van der Waals surface area contributed by atoms with Crippen LogP contribution in [0, 0.1) is 0 Å². The molecule has 0 aliphatic carbocycles. The van der Waals surface area contributed by atoms with Crippen LogP contribution in [0.25, 0.3) is 5.69 Å². The third-order valence-corrected chi connectivity index (χ3v) is 2.48. The Morgan fingerprint density at radius 1 is 1.24 bits per heavy atom. The number of primary amides is 1. The van der Waals surface area contributed by atoms with Gasteiger partial charge in [-0.05, 0) is 36.7 Å². The molecule has 2 aromatic rings. The molecule has 0 spiro atoms. The number of amides is 1. The molecule has 1 aromatic carbocycles. The average molecular weight is 230 g/mol. The summed E-state index contributed by atoms with van der Waals surface area (Å²) in [5.41, 5.74) is 12.9. The van der Waals surface area contributed by atoms with Crippen molar-refractivity contribution in [3.63, 3.8) is 0 Å². The van der Waals surface area contributed by atoms with Gasteiger partial charge in [0, 0.05) is 6.20 Å². The Bertz CT molecular complexity index is 516. The molecular weight excluding hydrogens is 216 g/mol. The van der Waals surface area contributed by atoms with Crippen LogP contribution in [0.1, 0.15) is 16.1 Å². The fourth-order valence-corrected chi connectivity index (χ4v) is 1.58. The van der Waals surface area contributed by atoms with Crippen LogP contribution in [0.5, 0.6) is 0 Å². The van der Waals surface area contributed by atoms with Crippen LogP contribution in [0.15, 0.2) is 36.5 Å². The predicted molar refractivity (Wildman–Crippen MR) is 64.8 cm³/mol. The highest BCUT2D eigenvalue weighted by atomic mass is 16.1. The van der Waals surface area contributed by atoms with E-state index in [1.165, 1.54) is 5.56 Å². The number of aromatic nitrogens is 2. The Morgan fingerprint density at radius 3 is 2.47 bits per heavy atom. The van der Waals surface area contributed by atoms with Crippen LogP contribution in [-0.2, 0) is 6.42 Å². The van der Waals surface area contributed by atoms with E-state index in [0.717, 1.165) is 12.1 Å². The monoisotopic (exact) mass is 230 g/mol. The summed E-state index contributed by atoms with van der Waals surface area (Å²) >= 11 is 0. The van der Waals surface area contributed by atoms with Crippen molar-refractivity contribution in [1.29, 1.82) is 0 Å². The molecule has 2 rings (SSSR count). The fraction of sp³-hybridized carbons (Fsp3) is 0.167. The molecule has 5 heteroatoms. The summed E-state index contributed by atoms with van der Waals surface area (Å²) in [5, 5.41) is 4.07. The largest absolute Gasteiger partial charge is 0.364 e. The second-order valence-corrected chi connectivity index (χ2v) is 3.71. The van der Waals surface area contributed by atoms with Gasteiger partial charge < -0.3 is 11.5 Å². The van der Waals surface area contributed by atoms with Gasteiger partial charge in [-0.2, -0.15) is 5.10 Å². The number of rotatable bonds is 4. The quantitative estimate of drug-likeness (QED) is 0.800. The zero-order valence-corrected chi connectivity index (χ0v) is 9.34. The van der Waals surface area contributed by atoms with Crippen molar-refractivity contribution in [2.24, 2.45) is 11.5 Å². The normalized spacial score (nSPS) is 10.4. The minimum Gasteiger partial charge on any atom is -0.364 e. The molecule has 0 unspecified atom stereocenters. The summed E-state index contributed by atoms with van der Waals surface area (Å²) in [6.45, 7) is 0.632. The van der Waals surface area contributed by atoms with Gasteiger partial charge in [-0.15, -0.1) is 0 Å². The Kier molecular flexibility index (Phi) is 3.20. The average Bonchev–Trinajstić information content (AvgIpc) is 2.80.